The van der Waals surface area contributed by atoms with E-state index in [1.165, 1.54) is 5.56 Å². The number of benzene rings is 3. The van der Waals surface area contributed by atoms with Crippen LogP contribution in [0.3, 0.4) is 0 Å². The van der Waals surface area contributed by atoms with E-state index in [9.17, 15) is 0 Å². The van der Waals surface area contributed by atoms with Crippen molar-refractivity contribution >= 4 is 43.5 Å². The van der Waals surface area contributed by atoms with Gasteiger partial charge in [-0.05, 0) is 42.8 Å². The summed E-state index contributed by atoms with van der Waals surface area (Å²) in [6.07, 6.45) is 1.48. The van der Waals surface area contributed by atoms with Gasteiger partial charge in [0, 0.05) is 48.0 Å². The number of nitrogens with zero attached hydrogens (tertiary/aromatic N) is 3. The van der Waals surface area contributed by atoms with E-state index in [4.69, 9.17) is 14.0 Å². The molecule has 0 N–H and O–H groups in total. The first-order chi connectivity index (χ1) is 20.5. The molecule has 7 rings (SSSR count). The third-order valence-electron chi connectivity index (χ3n) is 5.54. The zero-order chi connectivity index (χ0) is 30.5. The zero-order valence-electron chi connectivity index (χ0n) is 26.3. The predicted molar refractivity (Wildman–Crippen MR) is 147 cm³/mol. The summed E-state index contributed by atoms with van der Waals surface area (Å²) in [4.78, 5) is 12.5. The van der Waals surface area contributed by atoms with Crippen LogP contribution in [0.5, 0.6) is 0 Å². The van der Waals surface area contributed by atoms with Crippen LogP contribution in [0.1, 0.15) is 20.2 Å². The van der Waals surface area contributed by atoms with Crippen molar-refractivity contribution in [3.05, 3.63) is 114 Å². The molecule has 37 heavy (non-hydrogen) atoms. The van der Waals surface area contributed by atoms with E-state index in [0.29, 0.717) is 32.3 Å². The van der Waals surface area contributed by atoms with Crippen molar-refractivity contribution in [1.82, 2.24) is 15.0 Å². The van der Waals surface area contributed by atoms with Crippen molar-refractivity contribution in [2.24, 2.45) is 0 Å². The normalized spacial score (nSPS) is 13.8. The largest absolute Gasteiger partial charge is 0.501 e. The molecule has 0 atom stereocenters. The summed E-state index contributed by atoms with van der Waals surface area (Å²) in [5.74, 6) is 0. The number of hydrogen-bond acceptors (Lipinski definition) is 5. The summed E-state index contributed by atoms with van der Waals surface area (Å²) in [7, 11) is 0. The van der Waals surface area contributed by atoms with Crippen LogP contribution in [0, 0.1) is 25.9 Å². The van der Waals surface area contributed by atoms with Crippen LogP contribution in [0.25, 0.3) is 54.7 Å². The summed E-state index contributed by atoms with van der Waals surface area (Å²) >= 11 is 1.10. The Morgan fingerprint density at radius 2 is 1.92 bits per heavy atom. The number of furan rings is 1. The molecular weight excluding hydrogens is 655 g/mol. The molecule has 0 bridgehead atoms. The molecule has 183 valence electrons. The Labute approximate surface area is 242 Å². The summed E-state index contributed by atoms with van der Waals surface area (Å²) in [6, 6.07) is 23.9. The van der Waals surface area contributed by atoms with Gasteiger partial charge in [0.05, 0.1) is 26.3 Å². The minimum absolute atomic E-state index is 0. The van der Waals surface area contributed by atoms with Gasteiger partial charge in [0.15, 0.2) is 0 Å². The first-order valence-electron chi connectivity index (χ1n) is 14.5. The molecule has 0 saturated carbocycles. The molecule has 6 heteroatoms. The fraction of sp³-hybridized carbons (Fsp3) is 0.0645. The number of aryl methyl sites for hydroxylation is 2. The molecule has 0 saturated heterocycles. The van der Waals surface area contributed by atoms with Crippen molar-refractivity contribution in [1.29, 1.82) is 0 Å². The van der Waals surface area contributed by atoms with Gasteiger partial charge >= 0.3 is 0 Å². The van der Waals surface area contributed by atoms with Gasteiger partial charge in [-0.1, -0.05) is 35.2 Å². The number of pyridine rings is 2. The van der Waals surface area contributed by atoms with Crippen LogP contribution in [-0.4, -0.2) is 15.0 Å². The van der Waals surface area contributed by atoms with Crippen LogP contribution in [0.4, 0.5) is 0 Å². The molecule has 7 aromatic rings. The van der Waals surface area contributed by atoms with Crippen molar-refractivity contribution in [2.45, 2.75) is 13.8 Å². The minimum Gasteiger partial charge on any atom is -0.501 e. The molecule has 0 fully saturated rings. The Morgan fingerprint density at radius 3 is 2.73 bits per heavy atom. The average molecular weight is 683 g/mol. The first kappa shape index (κ1) is 17.7. The van der Waals surface area contributed by atoms with Crippen LogP contribution < -0.4 is 0 Å². The van der Waals surface area contributed by atoms with E-state index in [2.05, 4.69) is 33.2 Å². The van der Waals surface area contributed by atoms with Gasteiger partial charge in [0.25, 0.3) is 0 Å². The Hall–Kier alpha value is -3.70. The molecule has 4 heterocycles. The molecule has 0 unspecified atom stereocenters. The van der Waals surface area contributed by atoms with E-state index >= 15 is 0 Å². The number of aromatic nitrogens is 3. The zero-order valence-corrected chi connectivity index (χ0v) is 22.6. The van der Waals surface area contributed by atoms with E-state index < -0.39 is 19.1 Å². The second-order valence-corrected chi connectivity index (χ2v) is 9.01. The summed E-state index contributed by atoms with van der Waals surface area (Å²) < 4.78 is 61.0. The average Bonchev–Trinajstić information content (AvgIpc) is 3.59. The van der Waals surface area contributed by atoms with Crippen molar-refractivity contribution in [2.75, 3.05) is 0 Å². The van der Waals surface area contributed by atoms with Gasteiger partial charge in [-0.2, -0.15) is 0 Å². The van der Waals surface area contributed by atoms with Gasteiger partial charge in [0.1, 0.15) is 5.58 Å². The third-order valence-corrected chi connectivity index (χ3v) is 6.37. The molecule has 0 aliphatic carbocycles. The molecule has 4 nitrogen and oxygen atoms in total. The number of thiazole rings is 1. The van der Waals surface area contributed by atoms with E-state index in [1.54, 1.807) is 18.2 Å². The molecular formula is C31H21IrN3OS-2. The Bertz CT molecular complexity index is 2130. The van der Waals surface area contributed by atoms with Gasteiger partial charge < -0.3 is 14.4 Å². The Balaban J connectivity index is 0.000000230. The topological polar surface area (TPSA) is 51.8 Å². The molecule has 4 aromatic heterocycles. The third kappa shape index (κ3) is 5.09. The summed E-state index contributed by atoms with van der Waals surface area (Å²) in [5.41, 5.74) is 4.97. The van der Waals surface area contributed by atoms with Crippen molar-refractivity contribution < 1.29 is 34.1 Å². The predicted octanol–water partition coefficient (Wildman–Crippen LogP) is 8.22. The first-order valence-corrected chi connectivity index (χ1v) is 11.9. The van der Waals surface area contributed by atoms with Gasteiger partial charge in [0.2, 0.25) is 0 Å². The standard InChI is InChI=1S/C19H11N2OS.C12H10N.Ir/c1-11-21-16-10-17-14(9-18(16)23-11)12-5-4-6-13(19(12)22-17)15-7-2-3-8-20-15;1-10-7-8-12(13-9-10)11-5-3-2-4-6-11;/h2-5,7-10H,1H3;2-5,7-9H,1H3;/q2*-1;/i1D3,2D,3D,7D,8D;;. The minimum atomic E-state index is -2.28. The molecule has 3 aromatic carbocycles. The molecule has 0 aliphatic rings. The number of rotatable bonds is 2. The van der Waals surface area contributed by atoms with Crippen LogP contribution in [0.15, 0.2) is 95.6 Å². The maximum Gasteiger partial charge on any atom is 0.123 e. The summed E-state index contributed by atoms with van der Waals surface area (Å²) in [5, 5.41) is 1.51. The van der Waals surface area contributed by atoms with Crippen molar-refractivity contribution in [3.8, 4) is 22.5 Å². The molecule has 0 spiro atoms. The molecule has 1 radical (unpaired) electrons. The van der Waals surface area contributed by atoms with Crippen LogP contribution >= 0.6 is 11.3 Å². The smallest absolute Gasteiger partial charge is 0.123 e. The van der Waals surface area contributed by atoms with E-state index in [1.807, 2.05) is 49.5 Å². The Kier molecular flexibility index (Phi) is 5.13. The fourth-order valence-corrected chi connectivity index (χ4v) is 4.60. The number of hydrogen-bond donors (Lipinski definition) is 0. The maximum absolute atomic E-state index is 8.18. The monoisotopic (exact) mass is 683 g/mol. The van der Waals surface area contributed by atoms with Gasteiger partial charge in [-0.15, -0.1) is 65.4 Å². The SMILES string of the molecule is Cc1ccc(-c2[c-]cccc2)nc1.[2H]c1nc(-c2[c-]ccc3c2oc2cc4nc(C([2H])([2H])[2H])sc4cc23)c([2H])c([2H])c1[2H].[Ir]. The maximum atomic E-state index is 8.18. The van der Waals surface area contributed by atoms with Gasteiger partial charge in [-0.3, -0.25) is 0 Å². The number of fused-ring (bicyclic) bond motifs is 4. The summed E-state index contributed by atoms with van der Waals surface area (Å²) in [6.45, 7) is -0.247. The van der Waals surface area contributed by atoms with E-state index in [-0.39, 0.29) is 42.9 Å². The quantitative estimate of drug-likeness (QED) is 0.173. The molecule has 0 amide bonds. The second kappa shape index (κ2) is 10.7. The Morgan fingerprint density at radius 1 is 0.973 bits per heavy atom. The van der Waals surface area contributed by atoms with Gasteiger partial charge in [-0.25, -0.2) is 4.98 Å². The second-order valence-electron chi connectivity index (χ2n) is 7.98. The van der Waals surface area contributed by atoms with Crippen LogP contribution in [0.2, 0.25) is 0 Å². The fourth-order valence-electron chi connectivity index (χ4n) is 3.87. The van der Waals surface area contributed by atoms with Crippen molar-refractivity contribution in [3.63, 3.8) is 0 Å². The molecule has 0 aliphatic heterocycles. The van der Waals surface area contributed by atoms with E-state index in [0.717, 1.165) is 28.0 Å². The van der Waals surface area contributed by atoms with Crippen LogP contribution in [-0.2, 0) is 20.1 Å².